The fourth-order valence-electron chi connectivity index (χ4n) is 0. The van der Waals surface area contributed by atoms with E-state index in [9.17, 15) is 0 Å². The monoisotopic (exact) mass is 162 g/mol. The van der Waals surface area contributed by atoms with Gasteiger partial charge in [0.2, 0.25) is 0 Å². The minimum Gasteiger partial charge on any atom is -0.503 e. The van der Waals surface area contributed by atoms with Crippen molar-refractivity contribution in [3.8, 4) is 0 Å². The number of carboxylic acid groups (broad SMARTS) is 1. The van der Waals surface area contributed by atoms with Crippen LogP contribution in [-0.4, -0.2) is 11.1 Å². The zero-order valence-electron chi connectivity index (χ0n) is 2.40. The van der Waals surface area contributed by atoms with Crippen LogP contribution in [0.3, 0.4) is 0 Å². The predicted molar refractivity (Wildman–Crippen MR) is 13.0 cm³/mol. The summed E-state index contributed by atoms with van der Waals surface area (Å²) in [6.07, 6.45) is 0. The van der Waals surface area contributed by atoms with E-state index in [2.05, 4.69) is 6.92 Å². The zero-order valence-corrected chi connectivity index (χ0v) is 4.03. The van der Waals surface area contributed by atoms with Gasteiger partial charge >= 0.3 is 0 Å². The Morgan fingerprint density at radius 1 is 1.80 bits per heavy atom. The summed E-state index contributed by atoms with van der Waals surface area (Å²) in [6, 6.07) is 0. The zero-order chi connectivity index (χ0) is 3.58. The second-order valence-electron chi connectivity index (χ2n) is 0.394. The summed E-state index contributed by atoms with van der Waals surface area (Å²) >= 11 is 0. The van der Waals surface area contributed by atoms with E-state index in [1.54, 1.807) is 0 Å². The number of carboxylic acids is 1. The molecule has 0 bridgehead atoms. The molecule has 0 aromatic heterocycles. The Labute approximate surface area is 42.9 Å². The van der Waals surface area contributed by atoms with E-state index in [0.717, 1.165) is 0 Å². The van der Waals surface area contributed by atoms with Gasteiger partial charge in [-0.3, -0.25) is 11.7 Å². The molecule has 0 heterocycles. The third kappa shape index (κ3) is 11400. The Morgan fingerprint density at radius 3 is 1.80 bits per heavy atom. The molecule has 0 aliphatic rings. The molecule has 0 saturated carbocycles. The Kier molecular flexibility index (Phi) is 7.04. The van der Waals surface area contributed by atoms with Crippen molar-refractivity contribution < 1.29 is 29.4 Å². The molecule has 1 N–H and O–H groups in total. The van der Waals surface area contributed by atoms with E-state index < -0.39 is 5.97 Å². The smallest absolute Gasteiger partial charge is 0.161 e. The minimum atomic E-state index is -1.08. The molecular weight excluding hydrogens is 159 g/mol. The second-order valence-corrected chi connectivity index (χ2v) is 0.394. The maximum atomic E-state index is 8.89. The average Bonchev–Trinajstić information content (AvgIpc) is 0.811. The number of rotatable bonds is 0. The van der Waals surface area contributed by atoms with Crippen LogP contribution in [0.4, 0.5) is 0 Å². The summed E-state index contributed by atoms with van der Waals surface area (Å²) in [7, 11) is 0. The first kappa shape index (κ1) is 8.88. The topological polar surface area (TPSA) is 37.3 Å². The Bertz CT molecular complexity index is 30.6. The summed E-state index contributed by atoms with van der Waals surface area (Å²) in [6.45, 7) is 2.56. The van der Waals surface area contributed by atoms with Gasteiger partial charge in [-0.15, -0.1) is 0 Å². The second kappa shape index (κ2) is 3.96. The van der Waals surface area contributed by atoms with Gasteiger partial charge in [-0.1, -0.05) is 0 Å². The van der Waals surface area contributed by atoms with Crippen LogP contribution in [0.15, 0.2) is 0 Å². The van der Waals surface area contributed by atoms with E-state index in [1.165, 1.54) is 0 Å². The van der Waals surface area contributed by atoms with Gasteiger partial charge in [0.25, 0.3) is 0 Å². The number of hydrogen-bond acceptors (Lipinski definition) is 1. The van der Waals surface area contributed by atoms with E-state index in [0.29, 0.717) is 0 Å². The quantitative estimate of drug-likeness (QED) is 0.399. The molecule has 0 aromatic rings. The van der Waals surface area contributed by atoms with Gasteiger partial charge in [0, 0.05) is 19.5 Å². The average molecular weight is 162 g/mol. The van der Waals surface area contributed by atoms with Crippen molar-refractivity contribution in [3.05, 3.63) is 6.92 Å². The van der Waals surface area contributed by atoms with E-state index in [1.807, 2.05) is 0 Å². The summed E-state index contributed by atoms with van der Waals surface area (Å²) in [4.78, 5) is 8.89. The Hall–Kier alpha value is -0.0366. The van der Waals surface area contributed by atoms with Crippen LogP contribution in [0.5, 0.6) is 0 Å². The molecule has 0 aromatic carbocycles. The summed E-state index contributed by atoms with van der Waals surface area (Å²) in [5.74, 6) is -1.08. The fourth-order valence-corrected chi connectivity index (χ4v) is 0. The maximum Gasteiger partial charge on any atom is 0.161 e. The molecule has 0 amide bonds. The minimum absolute atomic E-state index is 0. The van der Waals surface area contributed by atoms with Crippen LogP contribution in [0.25, 0.3) is 0 Å². The van der Waals surface area contributed by atoms with Crippen molar-refractivity contribution in [2.24, 2.45) is 0 Å². The van der Waals surface area contributed by atoms with E-state index >= 15 is 0 Å². The first-order valence-electron chi connectivity index (χ1n) is 0.781. The van der Waals surface area contributed by atoms with Crippen LogP contribution in [0.2, 0.25) is 0 Å². The maximum absolute atomic E-state index is 8.89. The van der Waals surface area contributed by atoms with Gasteiger partial charge in [0.05, 0.1) is 0 Å². The standard InChI is InChI=1S/C2H3O2.Rh/c1-2(3)4;/h1H2,(H,3,4);/q-1;. The summed E-state index contributed by atoms with van der Waals surface area (Å²) in [5, 5.41) is 7.31. The number of aliphatic carboxylic acids is 1. The normalized spacial score (nSPS) is 4.80. The van der Waals surface area contributed by atoms with Gasteiger partial charge in [-0.05, 0) is 0 Å². The van der Waals surface area contributed by atoms with Crippen molar-refractivity contribution in [1.29, 1.82) is 0 Å². The van der Waals surface area contributed by atoms with Crippen molar-refractivity contribution in [1.82, 2.24) is 0 Å². The third-order valence-electron chi connectivity index (χ3n) is 0. The fraction of sp³-hybridized carbons (Fsp3) is 0. The molecule has 0 fully saturated rings. The van der Waals surface area contributed by atoms with Crippen LogP contribution in [0, 0.1) is 6.92 Å². The summed E-state index contributed by atoms with van der Waals surface area (Å²) < 4.78 is 0. The summed E-state index contributed by atoms with van der Waals surface area (Å²) in [5.41, 5.74) is 0. The molecule has 0 rings (SSSR count). The Balaban J connectivity index is 0. The predicted octanol–water partition coefficient (Wildman–Crippen LogP) is -0.0974. The van der Waals surface area contributed by atoms with Gasteiger partial charge in [0.1, 0.15) is 0 Å². The molecule has 5 heavy (non-hydrogen) atoms. The van der Waals surface area contributed by atoms with Crippen LogP contribution in [0.1, 0.15) is 0 Å². The molecule has 0 aliphatic heterocycles. The van der Waals surface area contributed by atoms with Crippen molar-refractivity contribution in [2.75, 3.05) is 0 Å². The van der Waals surface area contributed by atoms with Crippen LogP contribution >= 0.6 is 0 Å². The molecule has 0 atom stereocenters. The molecule has 0 aliphatic carbocycles. The number of hydrogen-bond donors (Lipinski definition) is 1. The molecule has 0 saturated heterocycles. The van der Waals surface area contributed by atoms with Gasteiger partial charge in [0.15, 0.2) is 5.97 Å². The molecule has 0 unspecified atom stereocenters. The molecule has 3 heteroatoms. The SMILES string of the molecule is [CH2-]C(=O)O.[Rh]. The van der Waals surface area contributed by atoms with E-state index in [-0.39, 0.29) is 19.5 Å². The first-order valence-corrected chi connectivity index (χ1v) is 0.781. The molecule has 0 spiro atoms. The largest absolute Gasteiger partial charge is 0.503 e. The van der Waals surface area contributed by atoms with Crippen LogP contribution in [-0.2, 0) is 24.3 Å². The third-order valence-corrected chi connectivity index (χ3v) is 0. The van der Waals surface area contributed by atoms with Gasteiger partial charge in [-0.2, -0.15) is 0 Å². The van der Waals surface area contributed by atoms with Gasteiger partial charge < -0.3 is 5.11 Å². The van der Waals surface area contributed by atoms with E-state index in [4.69, 9.17) is 9.90 Å². The van der Waals surface area contributed by atoms with Crippen molar-refractivity contribution in [3.63, 3.8) is 0 Å². The molecular formula is C2H3O2Rh-. The van der Waals surface area contributed by atoms with Crippen molar-refractivity contribution >= 4 is 5.97 Å². The van der Waals surface area contributed by atoms with Gasteiger partial charge in [-0.25, -0.2) is 0 Å². The van der Waals surface area contributed by atoms with Crippen molar-refractivity contribution in [2.45, 2.75) is 0 Å². The molecule has 2 nitrogen and oxygen atoms in total. The van der Waals surface area contributed by atoms with Crippen LogP contribution < -0.4 is 0 Å². The molecule has 33 valence electrons. The molecule has 1 radical (unpaired) electrons. The first-order chi connectivity index (χ1) is 1.73. The Morgan fingerprint density at radius 2 is 1.80 bits per heavy atom. The number of carbonyl (C=O) groups is 1.